The molecule has 5 nitrogen and oxygen atoms in total. The second-order valence-corrected chi connectivity index (χ2v) is 3.72. The molecular formula is C4H11O5P. The van der Waals surface area contributed by atoms with Gasteiger partial charge in [-0.1, -0.05) is 0 Å². The van der Waals surface area contributed by atoms with Gasteiger partial charge in [-0.25, -0.2) is 4.89 Å². The Kier molecular flexibility index (Phi) is 4.08. The molecular weight excluding hydrogens is 159 g/mol. The molecule has 0 spiro atoms. The largest absolute Gasteiger partial charge is 0.394 e. The highest BCUT2D eigenvalue weighted by Gasteiger charge is 2.13. The number of hydrogen-bond acceptors (Lipinski definition) is 4. The summed E-state index contributed by atoms with van der Waals surface area (Å²) in [4.78, 5) is 12.8. The molecule has 6 heteroatoms. The van der Waals surface area contributed by atoms with E-state index in [0.717, 1.165) is 6.66 Å². The van der Waals surface area contributed by atoms with Gasteiger partial charge in [-0.2, -0.15) is 0 Å². The van der Waals surface area contributed by atoms with Crippen molar-refractivity contribution < 1.29 is 24.1 Å². The monoisotopic (exact) mass is 170 g/mol. The first-order valence-corrected chi connectivity index (χ1v) is 4.74. The van der Waals surface area contributed by atoms with E-state index >= 15 is 0 Å². The van der Waals surface area contributed by atoms with Crippen molar-refractivity contribution in [1.82, 2.24) is 0 Å². The SMILES string of the molecule is C[C@H](CO)OOP(C)(=O)O. The number of aliphatic hydroxyl groups is 1. The third kappa shape index (κ3) is 6.19. The van der Waals surface area contributed by atoms with Gasteiger partial charge in [0.2, 0.25) is 0 Å². The van der Waals surface area contributed by atoms with E-state index in [1.165, 1.54) is 6.92 Å². The lowest BCUT2D eigenvalue weighted by atomic mass is 10.5. The van der Waals surface area contributed by atoms with Gasteiger partial charge in [0.15, 0.2) is 0 Å². The molecule has 2 N–H and O–H groups in total. The van der Waals surface area contributed by atoms with Crippen LogP contribution in [0, 0.1) is 0 Å². The van der Waals surface area contributed by atoms with Crippen molar-refractivity contribution in [2.45, 2.75) is 13.0 Å². The minimum Gasteiger partial charge on any atom is -0.394 e. The van der Waals surface area contributed by atoms with Crippen molar-refractivity contribution in [1.29, 1.82) is 0 Å². The highest BCUT2D eigenvalue weighted by molar-refractivity contribution is 7.51. The van der Waals surface area contributed by atoms with Crippen molar-refractivity contribution in [3.05, 3.63) is 0 Å². The highest BCUT2D eigenvalue weighted by Crippen LogP contribution is 2.36. The third-order valence-electron chi connectivity index (χ3n) is 0.603. The molecule has 0 aromatic carbocycles. The van der Waals surface area contributed by atoms with Gasteiger partial charge in [-0.15, -0.1) is 4.67 Å². The Balaban J connectivity index is 3.46. The summed E-state index contributed by atoms with van der Waals surface area (Å²) in [5, 5.41) is 8.36. The Bertz CT molecular complexity index is 130. The van der Waals surface area contributed by atoms with Crippen LogP contribution in [0.25, 0.3) is 0 Å². The van der Waals surface area contributed by atoms with Gasteiger partial charge < -0.3 is 10.00 Å². The van der Waals surface area contributed by atoms with Gasteiger partial charge in [0, 0.05) is 6.66 Å². The predicted molar refractivity (Wildman–Crippen MR) is 34.5 cm³/mol. The molecule has 10 heavy (non-hydrogen) atoms. The Labute approximate surface area is 59.0 Å². The van der Waals surface area contributed by atoms with Crippen LogP contribution in [-0.2, 0) is 14.1 Å². The van der Waals surface area contributed by atoms with E-state index in [-0.39, 0.29) is 6.61 Å². The minimum absolute atomic E-state index is 0.250. The van der Waals surface area contributed by atoms with Crippen LogP contribution in [0.15, 0.2) is 0 Å². The summed E-state index contributed by atoms with van der Waals surface area (Å²) in [6.45, 7) is 2.26. The molecule has 2 atom stereocenters. The molecule has 0 saturated heterocycles. The molecule has 0 heterocycles. The summed E-state index contributed by atoms with van der Waals surface area (Å²) in [5.41, 5.74) is 0. The molecule has 0 aliphatic heterocycles. The lowest BCUT2D eigenvalue weighted by Gasteiger charge is -2.09. The molecule has 0 saturated carbocycles. The Hall–Kier alpha value is 0.0700. The third-order valence-corrected chi connectivity index (χ3v) is 0.965. The first-order valence-electron chi connectivity index (χ1n) is 2.72. The second-order valence-electron chi connectivity index (χ2n) is 1.97. The molecule has 0 rings (SSSR count). The fraction of sp³-hybridized carbons (Fsp3) is 1.00. The van der Waals surface area contributed by atoms with E-state index in [1.807, 2.05) is 0 Å². The van der Waals surface area contributed by atoms with Crippen LogP contribution in [0.4, 0.5) is 0 Å². The summed E-state index contributed by atoms with van der Waals surface area (Å²) < 4.78 is 14.4. The zero-order valence-electron chi connectivity index (χ0n) is 5.85. The average molecular weight is 170 g/mol. The van der Waals surface area contributed by atoms with E-state index in [1.54, 1.807) is 0 Å². The van der Waals surface area contributed by atoms with Crippen molar-refractivity contribution in [2.24, 2.45) is 0 Å². The van der Waals surface area contributed by atoms with Crippen LogP contribution in [-0.4, -0.2) is 29.4 Å². The molecule has 0 aliphatic rings. The Morgan fingerprint density at radius 3 is 2.50 bits per heavy atom. The molecule has 0 aromatic rings. The molecule has 0 aromatic heterocycles. The van der Waals surface area contributed by atoms with Crippen LogP contribution in [0.2, 0.25) is 0 Å². The van der Waals surface area contributed by atoms with Gasteiger partial charge in [0.1, 0.15) is 6.10 Å². The van der Waals surface area contributed by atoms with E-state index < -0.39 is 13.7 Å². The van der Waals surface area contributed by atoms with E-state index in [9.17, 15) is 4.57 Å². The fourth-order valence-electron chi connectivity index (χ4n) is 0.184. The Morgan fingerprint density at radius 2 is 2.20 bits per heavy atom. The normalized spacial score (nSPS) is 20.0. The summed E-state index contributed by atoms with van der Waals surface area (Å²) in [5.74, 6) is 0. The quantitative estimate of drug-likeness (QED) is 0.356. The van der Waals surface area contributed by atoms with Crippen LogP contribution in [0.3, 0.4) is 0 Å². The summed E-state index contributed by atoms with van der Waals surface area (Å²) in [6.07, 6.45) is -0.583. The van der Waals surface area contributed by atoms with Crippen molar-refractivity contribution in [2.75, 3.05) is 13.3 Å². The van der Waals surface area contributed by atoms with Crippen LogP contribution in [0.5, 0.6) is 0 Å². The molecule has 0 amide bonds. The zero-order valence-corrected chi connectivity index (χ0v) is 6.75. The topological polar surface area (TPSA) is 76.0 Å². The zero-order chi connectivity index (χ0) is 8.20. The molecule has 0 aliphatic carbocycles. The maximum atomic E-state index is 10.4. The van der Waals surface area contributed by atoms with Crippen molar-refractivity contribution in [3.8, 4) is 0 Å². The first-order chi connectivity index (χ1) is 4.45. The standard InChI is InChI=1S/C4H11O5P/c1-4(3-5)8-9-10(2,6)7/h4-5H,3H2,1-2H3,(H,6,7)/t4-/m1/s1. The van der Waals surface area contributed by atoms with Gasteiger partial charge >= 0.3 is 7.60 Å². The van der Waals surface area contributed by atoms with Crippen LogP contribution < -0.4 is 0 Å². The number of aliphatic hydroxyl groups excluding tert-OH is 1. The highest BCUT2D eigenvalue weighted by atomic mass is 31.2. The first kappa shape index (κ1) is 10.1. The maximum absolute atomic E-state index is 10.4. The van der Waals surface area contributed by atoms with Crippen LogP contribution in [0.1, 0.15) is 6.92 Å². The van der Waals surface area contributed by atoms with Crippen molar-refractivity contribution in [3.63, 3.8) is 0 Å². The smallest absolute Gasteiger partial charge is 0.352 e. The predicted octanol–water partition coefficient (Wildman–Crippen LogP) is 0.131. The summed E-state index contributed by atoms with van der Waals surface area (Å²) in [6, 6.07) is 0. The second kappa shape index (κ2) is 4.05. The fourth-order valence-corrected chi connectivity index (χ4v) is 0.490. The van der Waals surface area contributed by atoms with E-state index in [4.69, 9.17) is 10.00 Å². The van der Waals surface area contributed by atoms with Gasteiger partial charge in [-0.05, 0) is 6.92 Å². The molecule has 0 fully saturated rings. The molecule has 0 bridgehead atoms. The summed E-state index contributed by atoms with van der Waals surface area (Å²) in [7, 11) is -3.57. The molecule has 0 radical (unpaired) electrons. The molecule has 62 valence electrons. The van der Waals surface area contributed by atoms with Gasteiger partial charge in [0.25, 0.3) is 0 Å². The van der Waals surface area contributed by atoms with Crippen molar-refractivity contribution >= 4 is 7.60 Å². The van der Waals surface area contributed by atoms with Crippen LogP contribution >= 0.6 is 7.60 Å². The van der Waals surface area contributed by atoms with E-state index in [2.05, 4.69) is 9.56 Å². The average Bonchev–Trinajstić information content (AvgIpc) is 1.81. The summed E-state index contributed by atoms with van der Waals surface area (Å²) >= 11 is 0. The van der Waals surface area contributed by atoms with E-state index in [0.29, 0.717) is 0 Å². The lowest BCUT2D eigenvalue weighted by Crippen LogP contribution is -2.12. The van der Waals surface area contributed by atoms with Gasteiger partial charge in [0.05, 0.1) is 6.61 Å². The lowest BCUT2D eigenvalue weighted by molar-refractivity contribution is -0.251. The Morgan fingerprint density at radius 1 is 1.70 bits per heavy atom. The van der Waals surface area contributed by atoms with Gasteiger partial charge in [-0.3, -0.25) is 4.57 Å². The molecule has 1 unspecified atom stereocenters. The minimum atomic E-state index is -3.57. The number of rotatable bonds is 4. The number of hydrogen-bond donors (Lipinski definition) is 2. The maximum Gasteiger partial charge on any atom is 0.352 e.